The predicted molar refractivity (Wildman–Crippen MR) is 82.2 cm³/mol. The summed E-state index contributed by atoms with van der Waals surface area (Å²) in [6.45, 7) is 2.38. The van der Waals surface area contributed by atoms with E-state index in [0.29, 0.717) is 50.5 Å². The number of nitrogens with zero attached hydrogens (tertiary/aromatic N) is 1. The van der Waals surface area contributed by atoms with E-state index >= 15 is 0 Å². The molecule has 0 aromatic heterocycles. The summed E-state index contributed by atoms with van der Waals surface area (Å²) < 4.78 is 30.5. The van der Waals surface area contributed by atoms with Crippen LogP contribution in [0.15, 0.2) is 35.2 Å². The minimum absolute atomic E-state index is 0.0917. The highest BCUT2D eigenvalue weighted by molar-refractivity contribution is 7.92. The molecule has 2 atom stereocenters. The van der Waals surface area contributed by atoms with Crippen molar-refractivity contribution in [3.63, 3.8) is 0 Å². The van der Waals surface area contributed by atoms with Gasteiger partial charge in [0, 0.05) is 19.0 Å². The molecule has 22 heavy (non-hydrogen) atoms. The van der Waals surface area contributed by atoms with Crippen LogP contribution in [0.25, 0.3) is 0 Å². The van der Waals surface area contributed by atoms with Gasteiger partial charge in [-0.15, -0.1) is 0 Å². The molecule has 2 fully saturated rings. The number of hydrogen-bond donors (Lipinski definition) is 0. The molecule has 1 aromatic carbocycles. The first-order valence-corrected chi connectivity index (χ1v) is 9.29. The molecule has 0 radical (unpaired) electrons. The van der Waals surface area contributed by atoms with E-state index in [1.54, 1.807) is 30.3 Å². The quantitative estimate of drug-likeness (QED) is 0.845. The molecule has 1 saturated heterocycles. The fourth-order valence-corrected chi connectivity index (χ4v) is 5.14. The normalized spacial score (nSPS) is 26.1. The van der Waals surface area contributed by atoms with Crippen LogP contribution in [-0.2, 0) is 19.4 Å². The summed E-state index contributed by atoms with van der Waals surface area (Å²) >= 11 is 0. The van der Waals surface area contributed by atoms with E-state index in [0.717, 1.165) is 0 Å². The van der Waals surface area contributed by atoms with Crippen molar-refractivity contribution in [3.05, 3.63) is 30.3 Å². The van der Waals surface area contributed by atoms with Crippen molar-refractivity contribution >= 4 is 15.7 Å². The Bertz CT molecular complexity index is 623. The monoisotopic (exact) mass is 323 g/mol. The zero-order valence-electron chi connectivity index (χ0n) is 12.5. The molecule has 1 heterocycles. The Labute approximate surface area is 131 Å². The molecule has 1 aliphatic heterocycles. The molecule has 1 amide bonds. The zero-order valence-corrected chi connectivity index (χ0v) is 13.3. The molecular formula is C16H21NO4S. The van der Waals surface area contributed by atoms with Crippen LogP contribution in [-0.4, -0.2) is 50.8 Å². The van der Waals surface area contributed by atoms with Gasteiger partial charge in [0.15, 0.2) is 9.84 Å². The largest absolute Gasteiger partial charge is 0.378 e. The molecule has 2 aliphatic rings. The summed E-state index contributed by atoms with van der Waals surface area (Å²) in [5.41, 5.74) is 0. The Hall–Kier alpha value is -1.40. The fourth-order valence-electron chi connectivity index (χ4n) is 3.29. The Morgan fingerprint density at radius 2 is 1.77 bits per heavy atom. The standard InChI is InChI=1S/C16H21NO4S/c18-16(17-8-10-21-11-9-17)13-6-7-15(12-13)22(19,20)14-4-2-1-3-5-14/h1-5,13,15H,6-12H2/t13-,15-/m1/s1. The van der Waals surface area contributed by atoms with Gasteiger partial charge in [-0.3, -0.25) is 4.79 Å². The van der Waals surface area contributed by atoms with Gasteiger partial charge in [-0.05, 0) is 31.4 Å². The lowest BCUT2D eigenvalue weighted by Gasteiger charge is -2.29. The van der Waals surface area contributed by atoms with Gasteiger partial charge in [-0.2, -0.15) is 0 Å². The number of morpholine rings is 1. The first-order chi connectivity index (χ1) is 10.6. The van der Waals surface area contributed by atoms with Crippen molar-refractivity contribution in [1.82, 2.24) is 4.90 Å². The molecule has 0 spiro atoms. The summed E-state index contributed by atoms with van der Waals surface area (Å²) in [4.78, 5) is 14.7. The average molecular weight is 323 g/mol. The number of hydrogen-bond acceptors (Lipinski definition) is 4. The van der Waals surface area contributed by atoms with Gasteiger partial charge in [0.2, 0.25) is 5.91 Å². The Kier molecular flexibility index (Phi) is 4.49. The molecule has 5 nitrogen and oxygen atoms in total. The third-order valence-corrected chi connectivity index (χ3v) is 6.80. The van der Waals surface area contributed by atoms with E-state index in [-0.39, 0.29) is 11.8 Å². The second-order valence-electron chi connectivity index (χ2n) is 5.93. The SMILES string of the molecule is O=C([C@@H]1CC[C@@H](S(=O)(=O)c2ccccc2)C1)N1CCOCC1. The third kappa shape index (κ3) is 3.03. The molecule has 120 valence electrons. The summed E-state index contributed by atoms with van der Waals surface area (Å²) in [5, 5.41) is -0.440. The van der Waals surface area contributed by atoms with Crippen molar-refractivity contribution in [3.8, 4) is 0 Å². The molecule has 1 aromatic rings. The molecule has 1 saturated carbocycles. The smallest absolute Gasteiger partial charge is 0.225 e. The van der Waals surface area contributed by atoms with E-state index in [9.17, 15) is 13.2 Å². The lowest BCUT2D eigenvalue weighted by Crippen LogP contribution is -2.43. The fraction of sp³-hybridized carbons (Fsp3) is 0.562. The van der Waals surface area contributed by atoms with Crippen LogP contribution in [0.4, 0.5) is 0 Å². The maximum atomic E-state index is 12.6. The van der Waals surface area contributed by atoms with Gasteiger partial charge in [0.1, 0.15) is 0 Å². The highest BCUT2D eigenvalue weighted by atomic mass is 32.2. The third-order valence-electron chi connectivity index (χ3n) is 4.57. The lowest BCUT2D eigenvalue weighted by atomic mass is 10.1. The van der Waals surface area contributed by atoms with E-state index in [1.807, 2.05) is 4.90 Å². The van der Waals surface area contributed by atoms with Gasteiger partial charge in [-0.1, -0.05) is 18.2 Å². The molecule has 0 bridgehead atoms. The number of sulfone groups is 1. The molecule has 0 N–H and O–H groups in total. The zero-order chi connectivity index (χ0) is 15.6. The molecule has 1 aliphatic carbocycles. The van der Waals surface area contributed by atoms with Crippen LogP contribution in [0.2, 0.25) is 0 Å². The van der Waals surface area contributed by atoms with Crippen LogP contribution in [0.3, 0.4) is 0 Å². The number of carbonyl (C=O) groups excluding carboxylic acids is 1. The van der Waals surface area contributed by atoms with E-state index in [2.05, 4.69) is 0 Å². The second kappa shape index (κ2) is 6.38. The van der Waals surface area contributed by atoms with Gasteiger partial charge in [-0.25, -0.2) is 8.42 Å². The molecule has 0 unspecified atom stereocenters. The minimum atomic E-state index is -3.33. The average Bonchev–Trinajstić information content (AvgIpc) is 3.06. The minimum Gasteiger partial charge on any atom is -0.378 e. The first-order valence-electron chi connectivity index (χ1n) is 7.74. The van der Waals surface area contributed by atoms with Gasteiger partial charge < -0.3 is 9.64 Å². The van der Waals surface area contributed by atoms with E-state index in [1.165, 1.54) is 0 Å². The number of amides is 1. The Balaban J connectivity index is 1.68. The highest BCUT2D eigenvalue weighted by Gasteiger charge is 2.39. The van der Waals surface area contributed by atoms with Crippen molar-refractivity contribution in [2.75, 3.05) is 26.3 Å². The number of rotatable bonds is 3. The van der Waals surface area contributed by atoms with Crippen molar-refractivity contribution in [1.29, 1.82) is 0 Å². The number of benzene rings is 1. The molecular weight excluding hydrogens is 302 g/mol. The van der Waals surface area contributed by atoms with Crippen molar-refractivity contribution in [2.45, 2.75) is 29.4 Å². The summed E-state index contributed by atoms with van der Waals surface area (Å²) in [7, 11) is -3.33. The topological polar surface area (TPSA) is 63.7 Å². The number of carbonyl (C=O) groups is 1. The van der Waals surface area contributed by atoms with Gasteiger partial charge >= 0.3 is 0 Å². The highest BCUT2D eigenvalue weighted by Crippen LogP contribution is 2.34. The van der Waals surface area contributed by atoms with Gasteiger partial charge in [0.05, 0.1) is 23.4 Å². The van der Waals surface area contributed by atoms with Crippen LogP contribution in [0.1, 0.15) is 19.3 Å². The van der Waals surface area contributed by atoms with Crippen LogP contribution >= 0.6 is 0 Å². The van der Waals surface area contributed by atoms with E-state index < -0.39 is 15.1 Å². The predicted octanol–water partition coefficient (Wildman–Crippen LogP) is 1.49. The maximum absolute atomic E-state index is 12.6. The van der Waals surface area contributed by atoms with Crippen molar-refractivity contribution < 1.29 is 17.9 Å². The lowest BCUT2D eigenvalue weighted by molar-refractivity contribution is -0.139. The maximum Gasteiger partial charge on any atom is 0.225 e. The summed E-state index contributed by atoms with van der Waals surface area (Å²) in [5.74, 6) is -0.0735. The van der Waals surface area contributed by atoms with E-state index in [4.69, 9.17) is 4.74 Å². The first kappa shape index (κ1) is 15.5. The molecule has 6 heteroatoms. The van der Waals surface area contributed by atoms with Crippen molar-refractivity contribution in [2.24, 2.45) is 5.92 Å². The van der Waals surface area contributed by atoms with Crippen LogP contribution in [0.5, 0.6) is 0 Å². The second-order valence-corrected chi connectivity index (χ2v) is 8.16. The Morgan fingerprint density at radius 3 is 2.45 bits per heavy atom. The number of ether oxygens (including phenoxy) is 1. The van der Waals surface area contributed by atoms with Crippen LogP contribution in [0, 0.1) is 5.92 Å². The summed E-state index contributed by atoms with van der Waals surface area (Å²) in [6.07, 6.45) is 1.66. The summed E-state index contributed by atoms with van der Waals surface area (Å²) in [6, 6.07) is 8.54. The Morgan fingerprint density at radius 1 is 1.09 bits per heavy atom. The van der Waals surface area contributed by atoms with Crippen LogP contribution < -0.4 is 0 Å². The van der Waals surface area contributed by atoms with Gasteiger partial charge in [0.25, 0.3) is 0 Å². The molecule has 3 rings (SSSR count).